The minimum Gasteiger partial charge on any atom is -0.478 e. The van der Waals surface area contributed by atoms with Gasteiger partial charge in [-0.05, 0) is 25.1 Å². The summed E-state index contributed by atoms with van der Waals surface area (Å²) in [6.45, 7) is 1.33. The van der Waals surface area contributed by atoms with E-state index in [4.69, 9.17) is 15.4 Å². The zero-order valence-electron chi connectivity index (χ0n) is 10.9. The number of benzene rings is 1. The van der Waals surface area contributed by atoms with Gasteiger partial charge < -0.3 is 15.4 Å². The van der Waals surface area contributed by atoms with Crippen molar-refractivity contribution in [2.24, 2.45) is 0 Å². The summed E-state index contributed by atoms with van der Waals surface area (Å²) in [4.78, 5) is 14.5. The zero-order chi connectivity index (χ0) is 15.6. The first-order valence-electron chi connectivity index (χ1n) is 5.71. The second kappa shape index (κ2) is 5.50. The van der Waals surface area contributed by atoms with Crippen LogP contribution in [0.3, 0.4) is 0 Å². The lowest BCUT2D eigenvalue weighted by Crippen LogP contribution is -2.25. The molecule has 1 aromatic heterocycles. The first kappa shape index (κ1) is 14.9. The number of nitrogens with one attached hydrogen (secondary N) is 1. The highest BCUT2D eigenvalue weighted by Gasteiger charge is 2.23. The molecule has 112 valence electrons. The fourth-order valence-electron chi connectivity index (χ4n) is 1.58. The highest BCUT2D eigenvalue weighted by molar-refractivity contribution is 7.89. The lowest BCUT2D eigenvalue weighted by atomic mass is 10.2. The van der Waals surface area contributed by atoms with Crippen molar-refractivity contribution in [3.63, 3.8) is 0 Å². The number of hydrogen-bond acceptors (Lipinski definition) is 7. The van der Waals surface area contributed by atoms with Gasteiger partial charge in [0.1, 0.15) is 0 Å². The predicted octanol–water partition coefficient (Wildman–Crippen LogP) is 0.137. The number of nitrogens with two attached hydrogens (primary N) is 1. The molecular weight excluding hydrogens is 300 g/mol. The molecule has 0 spiro atoms. The third-order valence-corrected chi connectivity index (χ3v) is 3.95. The van der Waals surface area contributed by atoms with E-state index < -0.39 is 20.9 Å². The fraction of sp³-hybridized carbons (Fsp3) is 0.182. The molecule has 0 fully saturated rings. The molecule has 0 aliphatic rings. The van der Waals surface area contributed by atoms with E-state index in [1.54, 1.807) is 6.92 Å². The van der Waals surface area contributed by atoms with Crippen LogP contribution in [0.25, 0.3) is 0 Å². The number of carbonyl (C=O) groups is 1. The summed E-state index contributed by atoms with van der Waals surface area (Å²) in [7, 11) is -4.09. The molecule has 1 aromatic carbocycles. The maximum atomic E-state index is 12.2. The summed E-state index contributed by atoms with van der Waals surface area (Å²) >= 11 is 0. The Hall–Kier alpha value is -2.46. The number of carboxylic acid groups (broad SMARTS) is 1. The first-order chi connectivity index (χ1) is 9.79. The third kappa shape index (κ3) is 3.35. The number of aromatic carboxylic acids is 1. The molecule has 2 aromatic rings. The lowest BCUT2D eigenvalue weighted by molar-refractivity contribution is 0.0692. The molecule has 0 atom stereocenters. The van der Waals surface area contributed by atoms with Crippen molar-refractivity contribution in [3.8, 4) is 0 Å². The number of nitrogens with zero attached hydrogens (tertiary/aromatic N) is 2. The number of sulfonamides is 1. The molecule has 4 N–H and O–H groups in total. The summed E-state index contributed by atoms with van der Waals surface area (Å²) < 4.78 is 31.3. The van der Waals surface area contributed by atoms with E-state index in [2.05, 4.69) is 14.9 Å². The van der Waals surface area contributed by atoms with E-state index in [9.17, 15) is 13.2 Å². The minimum absolute atomic E-state index is 0.0665. The van der Waals surface area contributed by atoms with Crippen LogP contribution in [0.5, 0.6) is 0 Å². The van der Waals surface area contributed by atoms with Gasteiger partial charge in [0.05, 0.1) is 17.0 Å². The zero-order valence-corrected chi connectivity index (χ0v) is 11.7. The summed E-state index contributed by atoms with van der Waals surface area (Å²) in [6.07, 6.45) is 0. The standard InChI is InChI=1S/C11H12N4O5S/c1-6-14-10(20-15-6)5-13-21(18,19)9-4-7(12)2-3-8(9)11(16)17/h2-4,13H,5,12H2,1H3,(H,16,17). The van der Waals surface area contributed by atoms with Gasteiger partial charge in [0, 0.05) is 5.69 Å². The van der Waals surface area contributed by atoms with Crippen LogP contribution in [0.4, 0.5) is 5.69 Å². The highest BCUT2D eigenvalue weighted by Crippen LogP contribution is 2.19. The number of rotatable bonds is 5. The maximum Gasteiger partial charge on any atom is 0.337 e. The van der Waals surface area contributed by atoms with Gasteiger partial charge >= 0.3 is 5.97 Å². The van der Waals surface area contributed by atoms with Crippen LogP contribution in [-0.2, 0) is 16.6 Å². The Morgan fingerprint density at radius 2 is 2.19 bits per heavy atom. The number of aryl methyl sites for hydroxylation is 1. The third-order valence-electron chi connectivity index (χ3n) is 2.51. The van der Waals surface area contributed by atoms with Crippen LogP contribution < -0.4 is 10.5 Å². The predicted molar refractivity (Wildman–Crippen MR) is 70.9 cm³/mol. The van der Waals surface area contributed by atoms with Gasteiger partial charge in [0.25, 0.3) is 0 Å². The normalized spacial score (nSPS) is 11.5. The van der Waals surface area contributed by atoms with Crippen molar-refractivity contribution < 1.29 is 22.8 Å². The molecule has 0 aliphatic carbocycles. The summed E-state index contributed by atoms with van der Waals surface area (Å²) in [5.41, 5.74) is 5.27. The first-order valence-corrected chi connectivity index (χ1v) is 7.19. The second-order valence-electron chi connectivity index (χ2n) is 4.12. The highest BCUT2D eigenvalue weighted by atomic mass is 32.2. The summed E-state index contributed by atoms with van der Waals surface area (Å²) in [5.74, 6) is -0.944. The molecule has 10 heteroatoms. The summed E-state index contributed by atoms with van der Waals surface area (Å²) in [6, 6.07) is 3.51. The van der Waals surface area contributed by atoms with Crippen LogP contribution in [0.1, 0.15) is 22.1 Å². The van der Waals surface area contributed by atoms with Crippen molar-refractivity contribution in [2.75, 3.05) is 5.73 Å². The van der Waals surface area contributed by atoms with Crippen LogP contribution in [0.15, 0.2) is 27.6 Å². The molecule has 0 amide bonds. The smallest absolute Gasteiger partial charge is 0.337 e. The summed E-state index contributed by atoms with van der Waals surface area (Å²) in [5, 5.41) is 12.5. The van der Waals surface area contributed by atoms with Crippen LogP contribution in [-0.4, -0.2) is 29.6 Å². The molecule has 0 unspecified atom stereocenters. The monoisotopic (exact) mass is 312 g/mol. The molecule has 0 aliphatic heterocycles. The van der Waals surface area contributed by atoms with Crippen molar-refractivity contribution >= 4 is 21.7 Å². The average molecular weight is 312 g/mol. The maximum absolute atomic E-state index is 12.2. The Morgan fingerprint density at radius 3 is 2.76 bits per heavy atom. The van der Waals surface area contributed by atoms with Gasteiger partial charge in [-0.2, -0.15) is 4.98 Å². The largest absolute Gasteiger partial charge is 0.478 e. The average Bonchev–Trinajstić information content (AvgIpc) is 2.82. The van der Waals surface area contributed by atoms with Gasteiger partial charge in [0.15, 0.2) is 5.82 Å². The molecule has 0 bridgehead atoms. The quantitative estimate of drug-likeness (QED) is 0.660. The number of anilines is 1. The second-order valence-corrected chi connectivity index (χ2v) is 5.86. The van der Waals surface area contributed by atoms with Gasteiger partial charge in [-0.3, -0.25) is 0 Å². The van der Waals surface area contributed by atoms with Crippen molar-refractivity contribution in [3.05, 3.63) is 35.5 Å². The molecule has 21 heavy (non-hydrogen) atoms. The Kier molecular flexibility index (Phi) is 3.91. The van der Waals surface area contributed by atoms with Crippen LogP contribution in [0, 0.1) is 6.92 Å². The Balaban J connectivity index is 2.31. The molecule has 9 nitrogen and oxygen atoms in total. The van der Waals surface area contributed by atoms with E-state index in [0.29, 0.717) is 5.82 Å². The Morgan fingerprint density at radius 1 is 1.48 bits per heavy atom. The van der Waals surface area contributed by atoms with Gasteiger partial charge in [-0.15, -0.1) is 0 Å². The Labute approximate surface area is 119 Å². The van der Waals surface area contributed by atoms with Crippen molar-refractivity contribution in [2.45, 2.75) is 18.4 Å². The van der Waals surface area contributed by atoms with Gasteiger partial charge in [0.2, 0.25) is 15.9 Å². The topological polar surface area (TPSA) is 148 Å². The van der Waals surface area contributed by atoms with E-state index in [1.165, 1.54) is 6.07 Å². The molecule has 2 rings (SSSR count). The number of aromatic nitrogens is 2. The Bertz CT molecular complexity index is 784. The lowest BCUT2D eigenvalue weighted by Gasteiger charge is -2.08. The van der Waals surface area contributed by atoms with E-state index in [0.717, 1.165) is 12.1 Å². The van der Waals surface area contributed by atoms with Gasteiger partial charge in [-0.25, -0.2) is 17.9 Å². The molecule has 1 heterocycles. The van der Waals surface area contributed by atoms with Crippen molar-refractivity contribution in [1.82, 2.24) is 14.9 Å². The van der Waals surface area contributed by atoms with Gasteiger partial charge in [-0.1, -0.05) is 5.16 Å². The fourth-order valence-corrected chi connectivity index (χ4v) is 2.79. The van der Waals surface area contributed by atoms with Crippen LogP contribution >= 0.6 is 0 Å². The van der Waals surface area contributed by atoms with E-state index >= 15 is 0 Å². The molecular formula is C11H12N4O5S. The molecule has 0 radical (unpaired) electrons. The van der Waals surface area contributed by atoms with Crippen molar-refractivity contribution in [1.29, 1.82) is 0 Å². The molecule has 0 saturated carbocycles. The van der Waals surface area contributed by atoms with Crippen LogP contribution in [0.2, 0.25) is 0 Å². The number of nitrogen functional groups attached to an aromatic ring is 1. The number of hydrogen-bond donors (Lipinski definition) is 3. The minimum atomic E-state index is -4.09. The van der Waals surface area contributed by atoms with E-state index in [1.807, 2.05) is 0 Å². The van der Waals surface area contributed by atoms with E-state index in [-0.39, 0.29) is 23.7 Å². The SMILES string of the molecule is Cc1noc(CNS(=O)(=O)c2cc(N)ccc2C(=O)O)n1. The molecule has 0 saturated heterocycles. The number of carboxylic acids is 1.